The summed E-state index contributed by atoms with van der Waals surface area (Å²) in [5.41, 5.74) is 3.46. The molecule has 0 aromatic heterocycles. The average Bonchev–Trinajstić information content (AvgIpc) is 2.90. The third kappa shape index (κ3) is 3.49. The van der Waals surface area contributed by atoms with Gasteiger partial charge in [0.25, 0.3) is 11.8 Å². The van der Waals surface area contributed by atoms with Crippen molar-refractivity contribution < 1.29 is 14.3 Å². The van der Waals surface area contributed by atoms with E-state index in [0.29, 0.717) is 11.3 Å². The van der Waals surface area contributed by atoms with E-state index in [0.717, 1.165) is 0 Å². The van der Waals surface area contributed by atoms with E-state index in [4.69, 9.17) is 33.2 Å². The number of hydrazine groups is 1. The molecule has 0 aliphatic carbocycles. The zero-order chi connectivity index (χ0) is 18.7. The second-order valence-electron chi connectivity index (χ2n) is 5.24. The number of anilines is 1. The van der Waals surface area contributed by atoms with Crippen molar-refractivity contribution >= 4 is 46.8 Å². The van der Waals surface area contributed by atoms with E-state index in [2.05, 4.69) is 5.43 Å². The van der Waals surface area contributed by atoms with Crippen LogP contribution in [0.5, 0.6) is 5.75 Å². The number of hydrogen-bond acceptors (Lipinski definition) is 4. The summed E-state index contributed by atoms with van der Waals surface area (Å²) < 4.78 is 5.16. The van der Waals surface area contributed by atoms with Crippen LogP contribution in [0.1, 0.15) is 5.56 Å². The van der Waals surface area contributed by atoms with E-state index >= 15 is 0 Å². The predicted molar refractivity (Wildman–Crippen MR) is 97.6 cm³/mol. The highest BCUT2D eigenvalue weighted by molar-refractivity contribution is 6.37. The summed E-state index contributed by atoms with van der Waals surface area (Å²) in [5.74, 6) is -0.848. The van der Waals surface area contributed by atoms with Gasteiger partial charge in [-0.15, -0.1) is 0 Å². The van der Waals surface area contributed by atoms with Gasteiger partial charge in [-0.1, -0.05) is 41.4 Å². The summed E-state index contributed by atoms with van der Waals surface area (Å²) in [5, 5.41) is 10.1. The number of para-hydroxylation sites is 1. The van der Waals surface area contributed by atoms with Gasteiger partial charge >= 0.3 is 0 Å². The highest BCUT2D eigenvalue weighted by Gasteiger charge is 2.34. The van der Waals surface area contributed by atoms with E-state index in [1.165, 1.54) is 23.2 Å². The Kier molecular flexibility index (Phi) is 5.12. The summed E-state index contributed by atoms with van der Waals surface area (Å²) in [6.07, 6.45) is 1.40. The molecule has 1 aliphatic heterocycles. The first kappa shape index (κ1) is 17.8. The number of hydrogen-bond donors (Lipinski definition) is 1. The van der Waals surface area contributed by atoms with Crippen molar-refractivity contribution in [1.29, 1.82) is 5.26 Å². The van der Waals surface area contributed by atoms with Gasteiger partial charge in [-0.2, -0.15) is 5.26 Å². The zero-order valence-electron chi connectivity index (χ0n) is 13.2. The standard InChI is InChI=1S/C18H11Cl2N3O3/c19-14-9-11(10-15(20)16(14)26-7-6-21)8-13-17(24)22-23(18(13)25)12-4-2-1-3-5-12/h1-5,8-10H,7H2,(H,22,24). The smallest absolute Gasteiger partial charge is 0.282 e. The molecule has 0 saturated carbocycles. The number of amides is 2. The molecule has 0 atom stereocenters. The summed E-state index contributed by atoms with van der Waals surface area (Å²) >= 11 is 12.2. The minimum absolute atomic E-state index is 0.0494. The van der Waals surface area contributed by atoms with Gasteiger partial charge in [0, 0.05) is 0 Å². The Morgan fingerprint density at radius 2 is 1.81 bits per heavy atom. The fourth-order valence-corrected chi connectivity index (χ4v) is 3.00. The van der Waals surface area contributed by atoms with Crippen LogP contribution < -0.4 is 15.2 Å². The summed E-state index contributed by atoms with van der Waals surface area (Å²) in [6, 6.07) is 13.6. The first-order valence-electron chi connectivity index (χ1n) is 7.42. The average molecular weight is 388 g/mol. The number of halogens is 2. The molecule has 26 heavy (non-hydrogen) atoms. The number of carbonyl (C=O) groups excluding carboxylic acids is 2. The van der Waals surface area contributed by atoms with Crippen molar-refractivity contribution in [3.8, 4) is 11.8 Å². The lowest BCUT2D eigenvalue weighted by atomic mass is 10.1. The number of nitriles is 1. The SMILES string of the molecule is N#CCOc1c(Cl)cc(C=C2C(=O)NN(c3ccccc3)C2=O)cc1Cl. The molecule has 1 heterocycles. The molecule has 6 nitrogen and oxygen atoms in total. The van der Waals surface area contributed by atoms with Crippen molar-refractivity contribution in [2.75, 3.05) is 11.6 Å². The van der Waals surface area contributed by atoms with Crippen molar-refractivity contribution in [2.24, 2.45) is 0 Å². The van der Waals surface area contributed by atoms with Crippen LogP contribution in [0.2, 0.25) is 10.0 Å². The molecular formula is C18H11Cl2N3O3. The molecule has 8 heteroatoms. The molecule has 3 rings (SSSR count). The number of ether oxygens (including phenoxy) is 1. The Bertz CT molecular complexity index is 929. The lowest BCUT2D eigenvalue weighted by Gasteiger charge is -2.13. The second-order valence-corrected chi connectivity index (χ2v) is 6.05. The van der Waals surface area contributed by atoms with Gasteiger partial charge in [0.15, 0.2) is 12.4 Å². The van der Waals surface area contributed by atoms with Crippen LogP contribution in [-0.4, -0.2) is 18.4 Å². The van der Waals surface area contributed by atoms with Gasteiger partial charge < -0.3 is 4.74 Å². The highest BCUT2D eigenvalue weighted by atomic mass is 35.5. The molecule has 1 aliphatic rings. The van der Waals surface area contributed by atoms with Gasteiger partial charge in [-0.05, 0) is 35.9 Å². The van der Waals surface area contributed by atoms with Crippen molar-refractivity contribution in [2.45, 2.75) is 0 Å². The predicted octanol–water partition coefficient (Wildman–Crippen LogP) is 3.36. The van der Waals surface area contributed by atoms with Crippen LogP contribution in [0.4, 0.5) is 5.69 Å². The zero-order valence-corrected chi connectivity index (χ0v) is 14.7. The van der Waals surface area contributed by atoms with Gasteiger partial charge in [0.2, 0.25) is 0 Å². The maximum absolute atomic E-state index is 12.5. The Hall–Kier alpha value is -3.01. The van der Waals surface area contributed by atoms with Gasteiger partial charge in [-0.3, -0.25) is 15.0 Å². The maximum Gasteiger partial charge on any atom is 0.282 e. The number of carbonyl (C=O) groups is 2. The molecule has 2 amide bonds. The molecule has 130 valence electrons. The van der Waals surface area contributed by atoms with Crippen molar-refractivity contribution in [3.63, 3.8) is 0 Å². The van der Waals surface area contributed by atoms with E-state index in [1.807, 2.05) is 12.1 Å². The molecule has 0 bridgehead atoms. The first-order chi connectivity index (χ1) is 12.5. The fourth-order valence-electron chi connectivity index (χ4n) is 2.39. The molecule has 1 fully saturated rings. The van der Waals surface area contributed by atoms with Crippen molar-refractivity contribution in [3.05, 3.63) is 63.6 Å². The summed E-state index contributed by atoms with van der Waals surface area (Å²) in [4.78, 5) is 24.7. The third-order valence-electron chi connectivity index (χ3n) is 3.52. The van der Waals surface area contributed by atoms with Crippen LogP contribution in [0.25, 0.3) is 6.08 Å². The monoisotopic (exact) mass is 387 g/mol. The van der Waals surface area contributed by atoms with Gasteiger partial charge in [-0.25, -0.2) is 5.01 Å². The Morgan fingerprint density at radius 1 is 1.15 bits per heavy atom. The molecule has 1 saturated heterocycles. The van der Waals surface area contributed by atoms with Crippen LogP contribution in [-0.2, 0) is 9.59 Å². The summed E-state index contributed by atoms with van der Waals surface area (Å²) in [6.45, 7) is -0.202. The molecular weight excluding hydrogens is 377 g/mol. The normalized spacial score (nSPS) is 15.1. The van der Waals surface area contributed by atoms with E-state index in [1.54, 1.807) is 24.3 Å². The molecule has 2 aromatic rings. The van der Waals surface area contributed by atoms with Crippen LogP contribution in [0.3, 0.4) is 0 Å². The molecule has 0 spiro atoms. The number of rotatable bonds is 4. The Morgan fingerprint density at radius 3 is 2.42 bits per heavy atom. The van der Waals surface area contributed by atoms with Crippen LogP contribution in [0.15, 0.2) is 48.0 Å². The van der Waals surface area contributed by atoms with E-state index in [9.17, 15) is 9.59 Å². The molecule has 0 unspecified atom stereocenters. The van der Waals surface area contributed by atoms with Crippen LogP contribution in [0, 0.1) is 11.3 Å². The molecule has 2 aromatic carbocycles. The lowest BCUT2D eigenvalue weighted by molar-refractivity contribution is -0.117. The fraction of sp³-hybridized carbons (Fsp3) is 0.0556. The Labute approximate surface area is 159 Å². The largest absolute Gasteiger partial charge is 0.476 e. The number of nitrogens with zero attached hydrogens (tertiary/aromatic N) is 2. The molecule has 0 radical (unpaired) electrons. The van der Waals surface area contributed by atoms with Crippen molar-refractivity contribution in [1.82, 2.24) is 5.43 Å². The molecule has 1 N–H and O–H groups in total. The minimum atomic E-state index is -0.532. The number of benzene rings is 2. The van der Waals surface area contributed by atoms with Gasteiger partial charge in [0.05, 0.1) is 15.7 Å². The Balaban J connectivity index is 1.92. The van der Waals surface area contributed by atoms with E-state index in [-0.39, 0.29) is 28.0 Å². The topological polar surface area (TPSA) is 82.4 Å². The minimum Gasteiger partial charge on any atom is -0.476 e. The van der Waals surface area contributed by atoms with E-state index < -0.39 is 11.8 Å². The van der Waals surface area contributed by atoms with Gasteiger partial charge in [0.1, 0.15) is 11.6 Å². The first-order valence-corrected chi connectivity index (χ1v) is 8.18. The van der Waals surface area contributed by atoms with Crippen LogP contribution >= 0.6 is 23.2 Å². The highest BCUT2D eigenvalue weighted by Crippen LogP contribution is 2.35. The third-order valence-corrected chi connectivity index (χ3v) is 4.08. The number of nitrogens with one attached hydrogen (secondary N) is 1. The maximum atomic E-state index is 12.5. The second kappa shape index (κ2) is 7.48. The quantitative estimate of drug-likeness (QED) is 0.643. The lowest BCUT2D eigenvalue weighted by Crippen LogP contribution is -2.35. The summed E-state index contributed by atoms with van der Waals surface area (Å²) in [7, 11) is 0.